The molecule has 1 saturated heterocycles. The molecule has 0 saturated carbocycles. The summed E-state index contributed by atoms with van der Waals surface area (Å²) < 4.78 is 11.0. The molecule has 0 aliphatic carbocycles. The van der Waals surface area contributed by atoms with Crippen LogP contribution >= 0.6 is 0 Å². The molecule has 1 amide bonds. The van der Waals surface area contributed by atoms with Gasteiger partial charge in [-0.2, -0.15) is 0 Å². The summed E-state index contributed by atoms with van der Waals surface area (Å²) in [5.74, 6) is 0.347. The zero-order chi connectivity index (χ0) is 14.8. The van der Waals surface area contributed by atoms with E-state index in [0.29, 0.717) is 12.5 Å². The largest absolute Gasteiger partial charge is 0.381 e. The highest BCUT2D eigenvalue weighted by Crippen LogP contribution is 2.16. The molecule has 5 nitrogen and oxygen atoms in total. The van der Waals surface area contributed by atoms with Crippen LogP contribution in [0, 0.1) is 5.92 Å². The molecule has 0 bridgehead atoms. The van der Waals surface area contributed by atoms with Gasteiger partial charge in [-0.25, -0.2) is 0 Å². The molecular formula is C15H30N2O3. The standard InChI is InChI=1S/C15H30N2O3/c1-3-8-17-15(2,14(16)18)7-4-9-20-12-13-5-10-19-11-6-13/h13,17H,3-12H2,1-2H3,(H2,16,18). The van der Waals surface area contributed by atoms with Crippen LogP contribution in [-0.4, -0.2) is 44.4 Å². The van der Waals surface area contributed by atoms with Crippen molar-refractivity contribution >= 4 is 5.91 Å². The van der Waals surface area contributed by atoms with Gasteiger partial charge < -0.3 is 20.5 Å². The summed E-state index contributed by atoms with van der Waals surface area (Å²) in [6.45, 7) is 7.97. The predicted octanol–water partition coefficient (Wildman–Crippen LogP) is 1.45. The molecule has 0 aromatic rings. The molecule has 1 rings (SSSR count). The molecule has 1 unspecified atom stereocenters. The highest BCUT2D eigenvalue weighted by atomic mass is 16.5. The van der Waals surface area contributed by atoms with Crippen molar-refractivity contribution in [2.24, 2.45) is 11.7 Å². The van der Waals surface area contributed by atoms with Gasteiger partial charge in [-0.05, 0) is 51.5 Å². The molecule has 0 radical (unpaired) electrons. The van der Waals surface area contributed by atoms with Crippen molar-refractivity contribution in [2.75, 3.05) is 33.0 Å². The van der Waals surface area contributed by atoms with Crippen LogP contribution in [0.3, 0.4) is 0 Å². The van der Waals surface area contributed by atoms with E-state index in [1.165, 1.54) is 0 Å². The second kappa shape index (κ2) is 9.32. The van der Waals surface area contributed by atoms with Gasteiger partial charge in [0.2, 0.25) is 5.91 Å². The van der Waals surface area contributed by atoms with Gasteiger partial charge in [0.25, 0.3) is 0 Å². The van der Waals surface area contributed by atoms with Gasteiger partial charge in [-0.1, -0.05) is 6.92 Å². The number of ether oxygens (including phenoxy) is 2. The Bertz CT molecular complexity index is 280. The fourth-order valence-electron chi connectivity index (χ4n) is 2.39. The minimum Gasteiger partial charge on any atom is -0.381 e. The van der Waals surface area contributed by atoms with Crippen LogP contribution in [0.1, 0.15) is 46.0 Å². The Morgan fingerprint density at radius 1 is 1.45 bits per heavy atom. The van der Waals surface area contributed by atoms with Crippen molar-refractivity contribution in [1.29, 1.82) is 0 Å². The predicted molar refractivity (Wildman–Crippen MR) is 79.5 cm³/mol. The van der Waals surface area contributed by atoms with Gasteiger partial charge >= 0.3 is 0 Å². The number of rotatable bonds is 10. The number of nitrogens with one attached hydrogen (secondary N) is 1. The second-order valence-electron chi connectivity index (χ2n) is 5.86. The van der Waals surface area contributed by atoms with Gasteiger partial charge in [0.05, 0.1) is 5.54 Å². The number of carbonyl (C=O) groups excluding carboxylic acids is 1. The lowest BCUT2D eigenvalue weighted by molar-refractivity contribution is -0.124. The molecule has 1 fully saturated rings. The molecule has 0 aromatic heterocycles. The van der Waals surface area contributed by atoms with E-state index in [1.54, 1.807) is 0 Å². The monoisotopic (exact) mass is 286 g/mol. The number of carbonyl (C=O) groups is 1. The smallest absolute Gasteiger partial charge is 0.237 e. The molecule has 0 spiro atoms. The average Bonchev–Trinajstić information content (AvgIpc) is 2.45. The summed E-state index contributed by atoms with van der Waals surface area (Å²) in [5.41, 5.74) is 4.87. The average molecular weight is 286 g/mol. The van der Waals surface area contributed by atoms with Crippen LogP contribution in [0.25, 0.3) is 0 Å². The first-order chi connectivity index (χ1) is 9.58. The number of hydrogen-bond acceptors (Lipinski definition) is 4. The van der Waals surface area contributed by atoms with E-state index in [4.69, 9.17) is 15.2 Å². The fraction of sp³-hybridized carbons (Fsp3) is 0.933. The highest BCUT2D eigenvalue weighted by Gasteiger charge is 2.29. The quantitative estimate of drug-likeness (QED) is 0.596. The van der Waals surface area contributed by atoms with Crippen molar-refractivity contribution in [3.05, 3.63) is 0 Å². The minimum atomic E-state index is -0.613. The van der Waals surface area contributed by atoms with Crippen LogP contribution in [0.2, 0.25) is 0 Å². The third-order valence-corrected chi connectivity index (χ3v) is 3.97. The lowest BCUT2D eigenvalue weighted by atomic mass is 9.95. The van der Waals surface area contributed by atoms with E-state index in [1.807, 2.05) is 6.92 Å². The van der Waals surface area contributed by atoms with E-state index in [2.05, 4.69) is 12.2 Å². The molecular weight excluding hydrogens is 256 g/mol. The highest BCUT2D eigenvalue weighted by molar-refractivity contribution is 5.84. The van der Waals surface area contributed by atoms with E-state index >= 15 is 0 Å². The number of nitrogens with two attached hydrogens (primary N) is 1. The summed E-state index contributed by atoms with van der Waals surface area (Å²) in [4.78, 5) is 11.5. The molecule has 5 heteroatoms. The first-order valence-electron chi connectivity index (χ1n) is 7.79. The summed E-state index contributed by atoms with van der Waals surface area (Å²) >= 11 is 0. The Labute approximate surface area is 122 Å². The molecule has 0 aromatic carbocycles. The Kier molecular flexibility index (Phi) is 8.11. The van der Waals surface area contributed by atoms with Crippen molar-refractivity contribution in [3.8, 4) is 0 Å². The molecule has 20 heavy (non-hydrogen) atoms. The normalized spacial score (nSPS) is 19.7. The first kappa shape index (κ1) is 17.4. The second-order valence-corrected chi connectivity index (χ2v) is 5.86. The van der Waals surface area contributed by atoms with E-state index < -0.39 is 5.54 Å². The van der Waals surface area contributed by atoms with Gasteiger partial charge in [0, 0.05) is 26.4 Å². The van der Waals surface area contributed by atoms with Crippen LogP contribution in [-0.2, 0) is 14.3 Å². The third kappa shape index (κ3) is 6.20. The fourth-order valence-corrected chi connectivity index (χ4v) is 2.39. The molecule has 3 N–H and O–H groups in total. The minimum absolute atomic E-state index is 0.282. The zero-order valence-corrected chi connectivity index (χ0v) is 13.0. The maximum absolute atomic E-state index is 11.5. The van der Waals surface area contributed by atoms with E-state index in [0.717, 1.165) is 58.5 Å². The van der Waals surface area contributed by atoms with Crippen LogP contribution in [0.5, 0.6) is 0 Å². The SMILES string of the molecule is CCCNC(C)(CCCOCC1CCOCC1)C(N)=O. The van der Waals surface area contributed by atoms with Crippen molar-refractivity contribution in [3.63, 3.8) is 0 Å². The van der Waals surface area contributed by atoms with Crippen molar-refractivity contribution in [2.45, 2.75) is 51.5 Å². The summed E-state index contributed by atoms with van der Waals surface area (Å²) in [5, 5.41) is 3.24. The lowest BCUT2D eigenvalue weighted by Crippen LogP contribution is -2.53. The number of hydrogen-bond donors (Lipinski definition) is 2. The molecule has 1 heterocycles. The van der Waals surface area contributed by atoms with Crippen LogP contribution in [0.4, 0.5) is 0 Å². The topological polar surface area (TPSA) is 73.6 Å². The maximum atomic E-state index is 11.5. The first-order valence-corrected chi connectivity index (χ1v) is 7.79. The van der Waals surface area contributed by atoms with Gasteiger partial charge in [-0.3, -0.25) is 4.79 Å². The Hall–Kier alpha value is -0.650. The van der Waals surface area contributed by atoms with E-state index in [9.17, 15) is 4.79 Å². The third-order valence-electron chi connectivity index (χ3n) is 3.97. The Morgan fingerprint density at radius 3 is 2.75 bits per heavy atom. The van der Waals surface area contributed by atoms with Gasteiger partial charge in [0.15, 0.2) is 0 Å². The lowest BCUT2D eigenvalue weighted by Gasteiger charge is -2.27. The molecule has 118 valence electrons. The molecule has 1 atom stereocenters. The van der Waals surface area contributed by atoms with Crippen LogP contribution < -0.4 is 11.1 Å². The van der Waals surface area contributed by atoms with Gasteiger partial charge in [-0.15, -0.1) is 0 Å². The summed E-state index contributed by atoms with van der Waals surface area (Å²) in [6, 6.07) is 0. The van der Waals surface area contributed by atoms with Crippen molar-refractivity contribution < 1.29 is 14.3 Å². The summed E-state index contributed by atoms with van der Waals surface area (Å²) in [7, 11) is 0. The zero-order valence-electron chi connectivity index (χ0n) is 13.0. The van der Waals surface area contributed by atoms with Crippen LogP contribution in [0.15, 0.2) is 0 Å². The van der Waals surface area contributed by atoms with Crippen molar-refractivity contribution in [1.82, 2.24) is 5.32 Å². The van der Waals surface area contributed by atoms with Gasteiger partial charge in [0.1, 0.15) is 0 Å². The Morgan fingerprint density at radius 2 is 2.15 bits per heavy atom. The number of amides is 1. The summed E-state index contributed by atoms with van der Waals surface area (Å²) in [6.07, 6.45) is 4.74. The molecule has 1 aliphatic rings. The Balaban J connectivity index is 2.15. The van der Waals surface area contributed by atoms with E-state index in [-0.39, 0.29) is 5.91 Å². The molecule has 1 aliphatic heterocycles. The maximum Gasteiger partial charge on any atom is 0.237 e. The number of primary amides is 1.